The number of hydrogen-bond acceptors (Lipinski definition) is 7. The van der Waals surface area contributed by atoms with Crippen LogP contribution in [0, 0.1) is 5.92 Å². The molecule has 2 heterocycles. The Morgan fingerprint density at radius 2 is 2.04 bits per heavy atom. The quantitative estimate of drug-likeness (QED) is 0.399. The molecule has 3 rings (SSSR count). The van der Waals surface area contributed by atoms with Gasteiger partial charge in [0.25, 0.3) is 0 Å². The van der Waals surface area contributed by atoms with Gasteiger partial charge in [-0.25, -0.2) is 4.79 Å². The first kappa shape index (κ1) is 20.4. The first-order valence-electron chi connectivity index (χ1n) is 9.39. The molecule has 0 saturated carbocycles. The number of carboxylic acid groups (broad SMARTS) is 1. The molecule has 2 fully saturated rings. The molecule has 0 aromatic heterocycles. The number of amides is 1. The SMILES string of the molecule is C[C@H]1CN[C@@H](C(=O)N2CC(Oc3ccc(CCB(O)O)c(O)c3C(=O)O)C2)C1. The number of nitrogens with one attached hydrogen (secondary N) is 1. The molecule has 2 aliphatic heterocycles. The van der Waals surface area contributed by atoms with Crippen molar-refractivity contribution < 1.29 is 34.6 Å². The molecule has 1 amide bonds. The third-order valence-corrected chi connectivity index (χ3v) is 5.21. The van der Waals surface area contributed by atoms with E-state index in [0.29, 0.717) is 24.6 Å². The molecule has 0 bridgehead atoms. The van der Waals surface area contributed by atoms with Crippen molar-refractivity contribution in [3.05, 3.63) is 23.3 Å². The Hall–Kier alpha value is -2.30. The average molecular weight is 392 g/mol. The predicted octanol–water partition coefficient (Wildman–Crippen LogP) is -0.307. The van der Waals surface area contributed by atoms with E-state index in [1.807, 2.05) is 0 Å². The van der Waals surface area contributed by atoms with Gasteiger partial charge in [-0.2, -0.15) is 0 Å². The number of likely N-dealkylation sites (tertiary alicyclic amines) is 1. The topological polar surface area (TPSA) is 140 Å². The summed E-state index contributed by atoms with van der Waals surface area (Å²) in [5.41, 5.74) is -0.0642. The van der Waals surface area contributed by atoms with Crippen molar-refractivity contribution in [2.24, 2.45) is 5.92 Å². The lowest BCUT2D eigenvalue weighted by Crippen LogP contribution is -2.59. The molecule has 28 heavy (non-hydrogen) atoms. The van der Waals surface area contributed by atoms with Gasteiger partial charge in [-0.1, -0.05) is 13.0 Å². The van der Waals surface area contributed by atoms with Crippen molar-refractivity contribution in [3.63, 3.8) is 0 Å². The second kappa shape index (κ2) is 8.38. The Morgan fingerprint density at radius 1 is 1.32 bits per heavy atom. The summed E-state index contributed by atoms with van der Waals surface area (Å²) >= 11 is 0. The number of rotatable bonds is 7. The number of hydrogen-bond donors (Lipinski definition) is 5. The molecule has 10 heteroatoms. The van der Waals surface area contributed by atoms with E-state index in [0.717, 1.165) is 13.0 Å². The lowest BCUT2D eigenvalue weighted by Gasteiger charge is -2.40. The number of ether oxygens (including phenoxy) is 1. The fraction of sp³-hybridized carbons (Fsp3) is 0.556. The van der Waals surface area contributed by atoms with Gasteiger partial charge in [-0.05, 0) is 43.3 Å². The lowest BCUT2D eigenvalue weighted by atomic mass is 9.82. The Morgan fingerprint density at radius 3 is 2.61 bits per heavy atom. The van der Waals surface area contributed by atoms with Crippen LogP contribution in [0.1, 0.15) is 29.3 Å². The maximum absolute atomic E-state index is 12.4. The Balaban J connectivity index is 1.62. The van der Waals surface area contributed by atoms with Gasteiger partial charge in [0, 0.05) is 0 Å². The number of carbonyl (C=O) groups is 2. The van der Waals surface area contributed by atoms with Crippen LogP contribution in [0.3, 0.4) is 0 Å². The number of aromatic hydroxyl groups is 1. The molecule has 9 nitrogen and oxygen atoms in total. The Bertz CT molecular complexity index is 752. The van der Waals surface area contributed by atoms with Crippen molar-refractivity contribution in [3.8, 4) is 11.5 Å². The highest BCUT2D eigenvalue weighted by molar-refractivity contribution is 6.41. The van der Waals surface area contributed by atoms with E-state index < -0.39 is 18.8 Å². The summed E-state index contributed by atoms with van der Waals surface area (Å²) in [6.45, 7) is 3.64. The van der Waals surface area contributed by atoms with Gasteiger partial charge < -0.3 is 35.2 Å². The highest BCUT2D eigenvalue weighted by Gasteiger charge is 2.38. The van der Waals surface area contributed by atoms with E-state index in [-0.39, 0.29) is 42.1 Å². The zero-order valence-corrected chi connectivity index (χ0v) is 15.7. The van der Waals surface area contributed by atoms with E-state index in [4.69, 9.17) is 14.8 Å². The van der Waals surface area contributed by atoms with Gasteiger partial charge in [0.15, 0.2) is 0 Å². The Labute approximate surface area is 163 Å². The van der Waals surface area contributed by atoms with E-state index in [9.17, 15) is 19.8 Å². The molecule has 2 aliphatic rings. The fourth-order valence-corrected chi connectivity index (χ4v) is 3.60. The van der Waals surface area contributed by atoms with Gasteiger partial charge in [0.1, 0.15) is 23.2 Å². The molecular formula is C18H25BN2O7. The van der Waals surface area contributed by atoms with E-state index >= 15 is 0 Å². The molecular weight excluding hydrogens is 367 g/mol. The zero-order valence-electron chi connectivity index (χ0n) is 15.7. The van der Waals surface area contributed by atoms with Crippen molar-refractivity contribution >= 4 is 19.0 Å². The molecule has 0 spiro atoms. The highest BCUT2D eigenvalue weighted by atomic mass is 16.5. The number of carbonyl (C=O) groups excluding carboxylic acids is 1. The van der Waals surface area contributed by atoms with Crippen LogP contribution in [0.4, 0.5) is 0 Å². The number of aromatic carboxylic acids is 1. The van der Waals surface area contributed by atoms with E-state index in [2.05, 4.69) is 12.2 Å². The molecule has 1 aromatic rings. The van der Waals surface area contributed by atoms with Crippen LogP contribution in [-0.4, -0.2) is 75.9 Å². The van der Waals surface area contributed by atoms with Gasteiger partial charge in [0.05, 0.1) is 19.1 Å². The monoisotopic (exact) mass is 392 g/mol. The van der Waals surface area contributed by atoms with Crippen LogP contribution in [0.2, 0.25) is 6.32 Å². The number of benzene rings is 1. The van der Waals surface area contributed by atoms with E-state index in [1.54, 1.807) is 4.90 Å². The van der Waals surface area contributed by atoms with Crippen molar-refractivity contribution in [2.75, 3.05) is 19.6 Å². The molecule has 5 N–H and O–H groups in total. The smallest absolute Gasteiger partial charge is 0.451 e. The van der Waals surface area contributed by atoms with E-state index in [1.165, 1.54) is 12.1 Å². The van der Waals surface area contributed by atoms with Crippen LogP contribution in [0.15, 0.2) is 12.1 Å². The summed E-state index contributed by atoms with van der Waals surface area (Å²) in [4.78, 5) is 25.7. The zero-order chi connectivity index (χ0) is 20.4. The number of carboxylic acids is 1. The normalized spacial score (nSPS) is 22.0. The van der Waals surface area contributed by atoms with Crippen molar-refractivity contribution in [1.29, 1.82) is 0 Å². The van der Waals surface area contributed by atoms with Crippen LogP contribution < -0.4 is 10.1 Å². The summed E-state index contributed by atoms with van der Waals surface area (Å²) in [6.07, 6.45) is 0.551. The molecule has 1 aromatic carbocycles. The summed E-state index contributed by atoms with van der Waals surface area (Å²) in [5.74, 6) is -1.25. The molecule has 2 atom stereocenters. The third-order valence-electron chi connectivity index (χ3n) is 5.21. The highest BCUT2D eigenvalue weighted by Crippen LogP contribution is 2.34. The minimum absolute atomic E-state index is 0.0274. The third kappa shape index (κ3) is 4.40. The predicted molar refractivity (Wildman–Crippen MR) is 100 cm³/mol. The fourth-order valence-electron chi connectivity index (χ4n) is 3.60. The summed E-state index contributed by atoms with van der Waals surface area (Å²) < 4.78 is 5.71. The minimum atomic E-state index is -1.54. The molecule has 0 unspecified atom stereocenters. The first-order valence-corrected chi connectivity index (χ1v) is 9.39. The number of aryl methyl sites for hydroxylation is 1. The average Bonchev–Trinajstić information content (AvgIpc) is 3.02. The Kier molecular flexibility index (Phi) is 6.12. The van der Waals surface area contributed by atoms with Crippen LogP contribution >= 0.6 is 0 Å². The van der Waals surface area contributed by atoms with Gasteiger partial charge in [0.2, 0.25) is 5.91 Å². The summed E-state index contributed by atoms with van der Waals surface area (Å²) in [7, 11) is -1.54. The second-order valence-corrected chi connectivity index (χ2v) is 7.56. The summed E-state index contributed by atoms with van der Waals surface area (Å²) in [5, 5.41) is 40.8. The number of phenols is 1. The van der Waals surface area contributed by atoms with Gasteiger partial charge >= 0.3 is 13.1 Å². The maximum Gasteiger partial charge on any atom is 0.451 e. The first-order chi connectivity index (χ1) is 13.3. The molecule has 0 radical (unpaired) electrons. The number of nitrogens with zero attached hydrogens (tertiary/aromatic N) is 1. The van der Waals surface area contributed by atoms with Gasteiger partial charge in [-0.3, -0.25) is 4.79 Å². The standard InChI is InChI=1S/C18H25BN2O7/c1-10-6-13(20-7-10)17(23)21-8-12(9-21)28-14-3-2-11(4-5-19(26)27)16(22)15(14)18(24)25/h2-3,10,12-13,20,22,26-27H,4-9H2,1H3,(H,24,25)/t10-,13-/m1/s1. The minimum Gasteiger partial charge on any atom is -0.507 e. The van der Waals surface area contributed by atoms with Crippen LogP contribution in [0.25, 0.3) is 0 Å². The lowest BCUT2D eigenvalue weighted by molar-refractivity contribution is -0.142. The van der Waals surface area contributed by atoms with Crippen LogP contribution in [0.5, 0.6) is 11.5 Å². The summed E-state index contributed by atoms with van der Waals surface area (Å²) in [6, 6.07) is 2.79. The largest absolute Gasteiger partial charge is 0.507 e. The van der Waals surface area contributed by atoms with Gasteiger partial charge in [-0.15, -0.1) is 0 Å². The molecule has 0 aliphatic carbocycles. The van der Waals surface area contributed by atoms with Crippen molar-refractivity contribution in [1.82, 2.24) is 10.2 Å². The van der Waals surface area contributed by atoms with Crippen molar-refractivity contribution in [2.45, 2.75) is 38.2 Å². The maximum atomic E-state index is 12.4. The molecule has 152 valence electrons. The second-order valence-electron chi connectivity index (χ2n) is 7.56. The molecule has 2 saturated heterocycles. The van der Waals surface area contributed by atoms with Crippen LogP contribution in [-0.2, 0) is 11.2 Å².